The van der Waals surface area contributed by atoms with Gasteiger partial charge in [-0.3, -0.25) is 9.59 Å². The quantitative estimate of drug-likeness (QED) is 0.796. The SMILES string of the molecule is CCN(Cc1ccc(OC)cc1)C(=O)C1CCN(C(=O)C(C)C)CC1. The Morgan fingerprint density at radius 1 is 1.20 bits per heavy atom. The molecule has 2 amide bonds. The van der Waals surface area contributed by atoms with Gasteiger partial charge in [0.2, 0.25) is 11.8 Å². The van der Waals surface area contributed by atoms with Gasteiger partial charge in [0.15, 0.2) is 0 Å². The number of likely N-dealkylation sites (tertiary alicyclic amines) is 1. The Hall–Kier alpha value is -2.04. The molecule has 138 valence electrons. The van der Waals surface area contributed by atoms with Crippen molar-refractivity contribution >= 4 is 11.8 Å². The molecule has 0 bridgehead atoms. The highest BCUT2D eigenvalue weighted by atomic mass is 16.5. The van der Waals surface area contributed by atoms with Crippen LogP contribution in [-0.4, -0.2) is 48.4 Å². The monoisotopic (exact) mass is 346 g/mol. The molecule has 25 heavy (non-hydrogen) atoms. The van der Waals surface area contributed by atoms with Gasteiger partial charge in [-0.15, -0.1) is 0 Å². The summed E-state index contributed by atoms with van der Waals surface area (Å²) in [7, 11) is 1.65. The highest BCUT2D eigenvalue weighted by Crippen LogP contribution is 2.22. The third-order valence-electron chi connectivity index (χ3n) is 4.88. The second-order valence-corrected chi connectivity index (χ2v) is 6.95. The van der Waals surface area contributed by atoms with Crippen LogP contribution in [0.15, 0.2) is 24.3 Å². The maximum atomic E-state index is 12.9. The Kier molecular flexibility index (Phi) is 6.85. The lowest BCUT2D eigenvalue weighted by Gasteiger charge is -2.34. The van der Waals surface area contributed by atoms with E-state index in [1.54, 1.807) is 7.11 Å². The molecule has 0 atom stereocenters. The molecular formula is C20H30N2O3. The normalized spacial score (nSPS) is 15.3. The van der Waals surface area contributed by atoms with Crippen LogP contribution in [0.2, 0.25) is 0 Å². The van der Waals surface area contributed by atoms with E-state index < -0.39 is 0 Å². The number of methoxy groups -OCH3 is 1. The van der Waals surface area contributed by atoms with Gasteiger partial charge in [0.1, 0.15) is 5.75 Å². The molecular weight excluding hydrogens is 316 g/mol. The summed E-state index contributed by atoms with van der Waals surface area (Å²) in [4.78, 5) is 28.7. The molecule has 1 saturated heterocycles. The number of benzene rings is 1. The van der Waals surface area contributed by atoms with Crippen molar-refractivity contribution in [1.82, 2.24) is 9.80 Å². The number of hydrogen-bond acceptors (Lipinski definition) is 3. The predicted octanol–water partition coefficient (Wildman–Crippen LogP) is 2.94. The molecule has 0 N–H and O–H groups in total. The van der Waals surface area contributed by atoms with Crippen molar-refractivity contribution in [3.05, 3.63) is 29.8 Å². The van der Waals surface area contributed by atoms with Gasteiger partial charge in [-0.05, 0) is 37.5 Å². The van der Waals surface area contributed by atoms with E-state index in [2.05, 4.69) is 0 Å². The van der Waals surface area contributed by atoms with Crippen molar-refractivity contribution in [3.8, 4) is 5.75 Å². The minimum Gasteiger partial charge on any atom is -0.497 e. The first kappa shape index (κ1) is 19.3. The average molecular weight is 346 g/mol. The second-order valence-electron chi connectivity index (χ2n) is 6.95. The zero-order chi connectivity index (χ0) is 18.4. The van der Waals surface area contributed by atoms with Crippen molar-refractivity contribution in [2.24, 2.45) is 11.8 Å². The molecule has 1 aromatic rings. The fourth-order valence-electron chi connectivity index (χ4n) is 3.27. The smallest absolute Gasteiger partial charge is 0.226 e. The molecule has 1 heterocycles. The van der Waals surface area contributed by atoms with Crippen LogP contribution in [0, 0.1) is 11.8 Å². The number of amides is 2. The zero-order valence-electron chi connectivity index (χ0n) is 15.8. The number of hydrogen-bond donors (Lipinski definition) is 0. The standard InChI is InChI=1S/C20H30N2O3/c1-5-21(14-16-6-8-18(25-4)9-7-16)20(24)17-10-12-22(13-11-17)19(23)15(2)3/h6-9,15,17H,5,10-14H2,1-4H3. The van der Waals surface area contributed by atoms with Crippen LogP contribution in [-0.2, 0) is 16.1 Å². The van der Waals surface area contributed by atoms with E-state index in [4.69, 9.17) is 4.74 Å². The highest BCUT2D eigenvalue weighted by Gasteiger charge is 2.30. The van der Waals surface area contributed by atoms with Crippen molar-refractivity contribution in [2.75, 3.05) is 26.7 Å². The highest BCUT2D eigenvalue weighted by molar-refractivity contribution is 5.80. The average Bonchev–Trinajstić information content (AvgIpc) is 2.65. The molecule has 1 aromatic carbocycles. The molecule has 0 aliphatic carbocycles. The number of ether oxygens (including phenoxy) is 1. The lowest BCUT2D eigenvalue weighted by molar-refractivity contribution is -0.142. The Morgan fingerprint density at radius 3 is 2.28 bits per heavy atom. The molecule has 0 spiro atoms. The summed E-state index contributed by atoms with van der Waals surface area (Å²) in [6.07, 6.45) is 1.52. The van der Waals surface area contributed by atoms with Gasteiger partial charge in [-0.2, -0.15) is 0 Å². The molecule has 2 rings (SSSR count). The predicted molar refractivity (Wildman–Crippen MR) is 98.2 cm³/mol. The van der Waals surface area contributed by atoms with E-state index in [-0.39, 0.29) is 23.7 Å². The summed E-state index contributed by atoms with van der Waals surface area (Å²) < 4.78 is 5.18. The summed E-state index contributed by atoms with van der Waals surface area (Å²) in [5, 5.41) is 0. The van der Waals surface area contributed by atoms with E-state index in [0.717, 1.165) is 24.2 Å². The first-order valence-electron chi connectivity index (χ1n) is 9.16. The largest absolute Gasteiger partial charge is 0.497 e. The van der Waals surface area contributed by atoms with Crippen molar-refractivity contribution in [3.63, 3.8) is 0 Å². The number of piperidine rings is 1. The first-order chi connectivity index (χ1) is 12.0. The Bertz CT molecular complexity index is 575. The van der Waals surface area contributed by atoms with E-state index in [1.807, 2.05) is 54.8 Å². The second kappa shape index (κ2) is 8.88. The third kappa shape index (κ3) is 4.97. The Morgan fingerprint density at radius 2 is 1.80 bits per heavy atom. The van der Waals surface area contributed by atoms with E-state index in [0.29, 0.717) is 26.2 Å². The molecule has 0 aromatic heterocycles. The van der Waals surface area contributed by atoms with Crippen LogP contribution in [0.5, 0.6) is 5.75 Å². The molecule has 5 nitrogen and oxygen atoms in total. The van der Waals surface area contributed by atoms with E-state index in [9.17, 15) is 9.59 Å². The maximum absolute atomic E-state index is 12.9. The van der Waals surface area contributed by atoms with Gasteiger partial charge in [0.25, 0.3) is 0 Å². The molecule has 1 aliphatic heterocycles. The summed E-state index contributed by atoms with van der Waals surface area (Å²) in [6.45, 7) is 8.54. The lowest BCUT2D eigenvalue weighted by atomic mass is 9.94. The lowest BCUT2D eigenvalue weighted by Crippen LogP contribution is -2.45. The summed E-state index contributed by atoms with van der Waals surface area (Å²) >= 11 is 0. The van der Waals surface area contributed by atoms with Crippen molar-refractivity contribution < 1.29 is 14.3 Å². The van der Waals surface area contributed by atoms with Crippen molar-refractivity contribution in [1.29, 1.82) is 0 Å². The zero-order valence-corrected chi connectivity index (χ0v) is 15.8. The summed E-state index contributed by atoms with van der Waals surface area (Å²) in [6, 6.07) is 7.84. The summed E-state index contributed by atoms with van der Waals surface area (Å²) in [5.41, 5.74) is 1.10. The summed E-state index contributed by atoms with van der Waals surface area (Å²) in [5.74, 6) is 1.26. The van der Waals surface area contributed by atoms with Gasteiger partial charge in [0.05, 0.1) is 7.11 Å². The molecule has 1 fully saturated rings. The van der Waals surface area contributed by atoms with Crippen molar-refractivity contribution in [2.45, 2.75) is 40.2 Å². The third-order valence-corrected chi connectivity index (χ3v) is 4.88. The molecule has 0 unspecified atom stereocenters. The van der Waals surface area contributed by atoms with Gasteiger partial charge in [-0.25, -0.2) is 0 Å². The topological polar surface area (TPSA) is 49.9 Å². The van der Waals surface area contributed by atoms with Gasteiger partial charge < -0.3 is 14.5 Å². The number of nitrogens with zero attached hydrogens (tertiary/aromatic N) is 2. The van der Waals surface area contributed by atoms with Crippen LogP contribution < -0.4 is 4.74 Å². The van der Waals surface area contributed by atoms with Gasteiger partial charge in [-0.1, -0.05) is 26.0 Å². The minimum atomic E-state index is 0.0226. The van der Waals surface area contributed by atoms with Crippen LogP contribution in [0.3, 0.4) is 0 Å². The molecule has 1 aliphatic rings. The van der Waals surface area contributed by atoms with E-state index in [1.165, 1.54) is 0 Å². The molecule has 0 saturated carbocycles. The number of rotatable bonds is 6. The minimum absolute atomic E-state index is 0.0226. The van der Waals surface area contributed by atoms with E-state index >= 15 is 0 Å². The fourth-order valence-corrected chi connectivity index (χ4v) is 3.27. The van der Waals surface area contributed by atoms with Gasteiger partial charge in [0, 0.05) is 38.0 Å². The van der Waals surface area contributed by atoms with Crippen LogP contribution >= 0.6 is 0 Å². The Balaban J connectivity index is 1.92. The van der Waals surface area contributed by atoms with Crippen LogP contribution in [0.1, 0.15) is 39.2 Å². The van der Waals surface area contributed by atoms with Crippen LogP contribution in [0.25, 0.3) is 0 Å². The number of carbonyl (C=O) groups is 2. The van der Waals surface area contributed by atoms with Gasteiger partial charge >= 0.3 is 0 Å². The van der Waals surface area contributed by atoms with Crippen LogP contribution in [0.4, 0.5) is 0 Å². The number of carbonyl (C=O) groups excluding carboxylic acids is 2. The fraction of sp³-hybridized carbons (Fsp3) is 0.600. The Labute approximate surface area is 150 Å². The molecule has 0 radical (unpaired) electrons. The maximum Gasteiger partial charge on any atom is 0.226 e. The first-order valence-corrected chi connectivity index (χ1v) is 9.16. The molecule has 5 heteroatoms.